The lowest BCUT2D eigenvalue weighted by Gasteiger charge is -2.02. The summed E-state index contributed by atoms with van der Waals surface area (Å²) >= 11 is 0. The lowest BCUT2D eigenvalue weighted by atomic mass is 10.1. The van der Waals surface area contributed by atoms with Gasteiger partial charge in [0.25, 0.3) is 5.69 Å². The standard InChI is InChI=1S/C14H10FNO4S/c15-11-4-6-13(7-5-11)21(20)9-14(17)10-2-1-3-12(8-10)16(18)19/h1-8H,9H2. The summed E-state index contributed by atoms with van der Waals surface area (Å²) in [4.78, 5) is 22.4. The van der Waals surface area contributed by atoms with Gasteiger partial charge in [-0.05, 0) is 24.3 Å². The lowest BCUT2D eigenvalue weighted by Crippen LogP contribution is -2.11. The quantitative estimate of drug-likeness (QED) is 0.483. The predicted molar refractivity (Wildman–Crippen MR) is 75.1 cm³/mol. The molecule has 0 aliphatic rings. The first-order chi connectivity index (χ1) is 9.97. The Kier molecular flexibility index (Phi) is 4.54. The van der Waals surface area contributed by atoms with Crippen molar-refractivity contribution in [1.82, 2.24) is 0 Å². The van der Waals surface area contributed by atoms with Gasteiger partial charge >= 0.3 is 0 Å². The molecule has 0 bridgehead atoms. The van der Waals surface area contributed by atoms with E-state index in [0.717, 1.165) is 18.2 Å². The Morgan fingerprint density at radius 2 is 1.86 bits per heavy atom. The number of benzene rings is 2. The van der Waals surface area contributed by atoms with Gasteiger partial charge in [-0.2, -0.15) is 0 Å². The van der Waals surface area contributed by atoms with Crippen LogP contribution in [0.5, 0.6) is 0 Å². The molecule has 5 nitrogen and oxygen atoms in total. The Labute approximate surface area is 122 Å². The Morgan fingerprint density at radius 1 is 1.19 bits per heavy atom. The number of Topliss-reactive ketones (excluding diaryl/α,β-unsaturated/α-hetero) is 1. The van der Waals surface area contributed by atoms with Gasteiger partial charge in [0.1, 0.15) is 5.82 Å². The molecular formula is C14H10FNO4S. The zero-order chi connectivity index (χ0) is 15.4. The second kappa shape index (κ2) is 6.36. The van der Waals surface area contributed by atoms with Crippen molar-refractivity contribution in [2.45, 2.75) is 4.90 Å². The number of hydrogen-bond donors (Lipinski definition) is 0. The van der Waals surface area contributed by atoms with Crippen molar-refractivity contribution in [2.75, 3.05) is 5.75 Å². The summed E-state index contributed by atoms with van der Waals surface area (Å²) in [6, 6.07) is 10.2. The highest BCUT2D eigenvalue weighted by molar-refractivity contribution is 7.85. The third-order valence-electron chi connectivity index (χ3n) is 2.72. The van der Waals surface area contributed by atoms with E-state index in [9.17, 15) is 23.5 Å². The van der Waals surface area contributed by atoms with Crippen LogP contribution >= 0.6 is 0 Å². The Bertz CT molecular complexity index is 715. The van der Waals surface area contributed by atoms with Gasteiger partial charge in [0.05, 0.1) is 21.5 Å². The van der Waals surface area contributed by atoms with Crippen LogP contribution in [0.3, 0.4) is 0 Å². The summed E-state index contributed by atoms with van der Waals surface area (Å²) in [5.41, 5.74) is -0.0759. The van der Waals surface area contributed by atoms with Crippen LogP contribution in [0.1, 0.15) is 10.4 Å². The molecule has 2 aromatic carbocycles. The third kappa shape index (κ3) is 3.79. The molecule has 0 radical (unpaired) electrons. The second-order valence-electron chi connectivity index (χ2n) is 4.17. The molecule has 1 atom stereocenters. The van der Waals surface area contributed by atoms with Gasteiger partial charge in [-0.25, -0.2) is 4.39 Å². The molecule has 0 amide bonds. The van der Waals surface area contributed by atoms with Crippen LogP contribution in [0.15, 0.2) is 53.4 Å². The number of carbonyl (C=O) groups excluding carboxylic acids is 1. The topological polar surface area (TPSA) is 77.3 Å². The van der Waals surface area contributed by atoms with Gasteiger partial charge in [-0.1, -0.05) is 12.1 Å². The first kappa shape index (κ1) is 15.0. The monoisotopic (exact) mass is 307 g/mol. The first-order valence-corrected chi connectivity index (χ1v) is 7.21. The molecule has 0 aromatic heterocycles. The fourth-order valence-electron chi connectivity index (χ4n) is 1.67. The number of ketones is 1. The van der Waals surface area contributed by atoms with Crippen LogP contribution in [0, 0.1) is 15.9 Å². The van der Waals surface area contributed by atoms with Crippen LogP contribution in [0.25, 0.3) is 0 Å². The molecule has 2 rings (SSSR count). The molecule has 0 spiro atoms. The van der Waals surface area contributed by atoms with E-state index in [1.54, 1.807) is 0 Å². The van der Waals surface area contributed by atoms with E-state index >= 15 is 0 Å². The molecule has 108 valence electrons. The van der Waals surface area contributed by atoms with Crippen molar-refractivity contribution in [3.63, 3.8) is 0 Å². The minimum absolute atomic E-state index is 0.125. The Balaban J connectivity index is 2.14. The highest BCUT2D eigenvalue weighted by atomic mass is 32.2. The van der Waals surface area contributed by atoms with Crippen LogP contribution in [0.2, 0.25) is 0 Å². The maximum absolute atomic E-state index is 12.8. The summed E-state index contributed by atoms with van der Waals surface area (Å²) in [5, 5.41) is 10.7. The summed E-state index contributed by atoms with van der Waals surface area (Å²) in [6.07, 6.45) is 0. The first-order valence-electron chi connectivity index (χ1n) is 5.89. The highest BCUT2D eigenvalue weighted by Gasteiger charge is 2.15. The van der Waals surface area contributed by atoms with Crippen LogP contribution in [-0.2, 0) is 10.8 Å². The highest BCUT2D eigenvalue weighted by Crippen LogP contribution is 2.15. The van der Waals surface area contributed by atoms with Crippen molar-refractivity contribution in [3.05, 3.63) is 70.0 Å². The number of nitrogens with zero attached hydrogens (tertiary/aromatic N) is 1. The largest absolute Gasteiger partial charge is 0.293 e. The fraction of sp³-hybridized carbons (Fsp3) is 0.0714. The van der Waals surface area contributed by atoms with E-state index in [0.29, 0.717) is 4.90 Å². The van der Waals surface area contributed by atoms with Gasteiger partial charge in [-0.15, -0.1) is 0 Å². The summed E-state index contributed by atoms with van der Waals surface area (Å²) in [7, 11) is -1.63. The Hall–Kier alpha value is -2.41. The van der Waals surface area contributed by atoms with Crippen molar-refractivity contribution in [1.29, 1.82) is 0 Å². The molecule has 0 heterocycles. The van der Waals surface area contributed by atoms with E-state index < -0.39 is 27.3 Å². The average molecular weight is 307 g/mol. The van der Waals surface area contributed by atoms with E-state index in [-0.39, 0.29) is 17.0 Å². The molecule has 7 heteroatoms. The third-order valence-corrected chi connectivity index (χ3v) is 4.04. The molecule has 0 fully saturated rings. The number of rotatable bonds is 5. The molecule has 1 unspecified atom stereocenters. The molecule has 0 aliphatic carbocycles. The van der Waals surface area contributed by atoms with E-state index in [4.69, 9.17) is 0 Å². The van der Waals surface area contributed by atoms with E-state index in [2.05, 4.69) is 0 Å². The van der Waals surface area contributed by atoms with Gasteiger partial charge < -0.3 is 0 Å². The summed E-state index contributed by atoms with van der Waals surface area (Å²) in [6.45, 7) is 0. The molecule has 0 aliphatic heterocycles. The van der Waals surface area contributed by atoms with Gasteiger partial charge in [0.2, 0.25) is 0 Å². The molecule has 0 saturated heterocycles. The number of nitro groups is 1. The van der Waals surface area contributed by atoms with Crippen LogP contribution in [-0.4, -0.2) is 20.7 Å². The average Bonchev–Trinajstić information content (AvgIpc) is 2.48. The molecule has 21 heavy (non-hydrogen) atoms. The minimum atomic E-state index is -1.63. The van der Waals surface area contributed by atoms with Crippen molar-refractivity contribution in [3.8, 4) is 0 Å². The number of hydrogen-bond acceptors (Lipinski definition) is 4. The molecule has 0 saturated carbocycles. The van der Waals surface area contributed by atoms with E-state index in [1.165, 1.54) is 30.3 Å². The number of nitro benzene ring substituents is 1. The molecule has 2 aromatic rings. The second-order valence-corrected chi connectivity index (χ2v) is 5.63. The smallest absolute Gasteiger partial charge is 0.270 e. The molecule has 0 N–H and O–H groups in total. The zero-order valence-corrected chi connectivity index (χ0v) is 11.5. The SMILES string of the molecule is O=C(CS(=O)c1ccc(F)cc1)c1cccc([N+](=O)[O-])c1. The van der Waals surface area contributed by atoms with Gasteiger partial charge in [-0.3, -0.25) is 19.1 Å². The summed E-state index contributed by atoms with van der Waals surface area (Å²) in [5.74, 6) is -1.24. The maximum Gasteiger partial charge on any atom is 0.270 e. The lowest BCUT2D eigenvalue weighted by molar-refractivity contribution is -0.384. The maximum atomic E-state index is 12.8. The van der Waals surface area contributed by atoms with Crippen molar-refractivity contribution in [2.24, 2.45) is 0 Å². The van der Waals surface area contributed by atoms with Crippen LogP contribution in [0.4, 0.5) is 10.1 Å². The van der Waals surface area contributed by atoms with Crippen molar-refractivity contribution < 1.29 is 18.3 Å². The Morgan fingerprint density at radius 3 is 2.48 bits per heavy atom. The van der Waals surface area contributed by atoms with Crippen LogP contribution < -0.4 is 0 Å². The van der Waals surface area contributed by atoms with E-state index in [1.807, 2.05) is 0 Å². The summed E-state index contributed by atoms with van der Waals surface area (Å²) < 4.78 is 24.8. The number of non-ortho nitro benzene ring substituents is 1. The number of halogens is 1. The fourth-order valence-corrected chi connectivity index (χ4v) is 2.68. The number of carbonyl (C=O) groups is 1. The van der Waals surface area contributed by atoms with Gasteiger partial charge in [0, 0.05) is 22.6 Å². The zero-order valence-electron chi connectivity index (χ0n) is 10.7. The van der Waals surface area contributed by atoms with Gasteiger partial charge in [0.15, 0.2) is 5.78 Å². The minimum Gasteiger partial charge on any atom is -0.293 e. The predicted octanol–water partition coefficient (Wildman–Crippen LogP) is 2.72. The molecular weight excluding hydrogens is 297 g/mol. The normalized spacial score (nSPS) is 11.9. The van der Waals surface area contributed by atoms with Crippen molar-refractivity contribution >= 4 is 22.3 Å².